The molecule has 0 amide bonds. The molecule has 0 unspecified atom stereocenters. The van der Waals surface area contributed by atoms with Crippen LogP contribution in [0.4, 0.5) is 4.39 Å². The minimum Gasteiger partial charge on any atom is -0.481 e. The molecule has 0 aliphatic carbocycles. The molecule has 0 spiro atoms. The van der Waals surface area contributed by atoms with Crippen LogP contribution in [-0.2, 0) is 11.2 Å². The number of fused-ring (bicyclic) bond motifs is 1. The van der Waals surface area contributed by atoms with E-state index in [1.165, 1.54) is 12.1 Å². The van der Waals surface area contributed by atoms with Crippen molar-refractivity contribution in [2.24, 2.45) is 0 Å². The van der Waals surface area contributed by atoms with Crippen LogP contribution in [-0.4, -0.2) is 21.0 Å². The first-order valence-electron chi connectivity index (χ1n) is 4.40. The van der Waals surface area contributed by atoms with Gasteiger partial charge in [0.2, 0.25) is 0 Å². The number of aliphatic carboxylic acids is 1. The van der Waals surface area contributed by atoms with E-state index in [0.29, 0.717) is 5.39 Å². The number of hydrogen-bond donors (Lipinski definition) is 1. The molecule has 0 saturated heterocycles. The summed E-state index contributed by atoms with van der Waals surface area (Å²) >= 11 is 5.81. The first-order valence-corrected chi connectivity index (χ1v) is 4.78. The molecule has 2 rings (SSSR count). The van der Waals surface area contributed by atoms with E-state index in [-0.39, 0.29) is 22.9 Å². The summed E-state index contributed by atoms with van der Waals surface area (Å²) in [6.45, 7) is 0. The molecule has 0 radical (unpaired) electrons. The Hall–Kier alpha value is -1.75. The van der Waals surface area contributed by atoms with Crippen molar-refractivity contribution >= 4 is 28.5 Å². The molecule has 0 bridgehead atoms. The molecule has 16 heavy (non-hydrogen) atoms. The zero-order valence-electron chi connectivity index (χ0n) is 7.94. The molecule has 1 aromatic heterocycles. The van der Waals surface area contributed by atoms with Gasteiger partial charge in [-0.15, -0.1) is 0 Å². The number of para-hydroxylation sites is 1. The van der Waals surface area contributed by atoms with Crippen LogP contribution in [0.1, 0.15) is 5.82 Å². The monoisotopic (exact) mass is 240 g/mol. The Balaban J connectivity index is 2.65. The summed E-state index contributed by atoms with van der Waals surface area (Å²) in [4.78, 5) is 18.1. The van der Waals surface area contributed by atoms with E-state index in [1.807, 2.05) is 0 Å². The number of hydrogen-bond acceptors (Lipinski definition) is 3. The summed E-state index contributed by atoms with van der Waals surface area (Å²) in [6.07, 6.45) is -0.385. The summed E-state index contributed by atoms with van der Waals surface area (Å²) in [5.41, 5.74) is 0.0405. The van der Waals surface area contributed by atoms with E-state index in [1.54, 1.807) is 6.07 Å². The van der Waals surface area contributed by atoms with Crippen molar-refractivity contribution in [3.8, 4) is 0 Å². The van der Waals surface area contributed by atoms with Gasteiger partial charge in [-0.1, -0.05) is 17.7 Å². The molecule has 4 nitrogen and oxygen atoms in total. The Bertz CT molecular complexity index is 574. The Morgan fingerprint density at radius 2 is 2.19 bits per heavy atom. The number of benzene rings is 1. The molecule has 0 saturated carbocycles. The van der Waals surface area contributed by atoms with E-state index in [9.17, 15) is 9.18 Å². The third-order valence-corrected chi connectivity index (χ3v) is 2.27. The second-order valence-electron chi connectivity index (χ2n) is 3.14. The fraction of sp³-hybridized carbons (Fsp3) is 0.100. The lowest BCUT2D eigenvalue weighted by molar-refractivity contribution is -0.136. The number of aromatic nitrogens is 2. The maximum atomic E-state index is 13.4. The van der Waals surface area contributed by atoms with Crippen LogP contribution < -0.4 is 0 Å². The van der Waals surface area contributed by atoms with Crippen molar-refractivity contribution in [1.82, 2.24) is 9.97 Å². The first-order chi connectivity index (χ1) is 7.58. The SMILES string of the molecule is O=C(O)Cc1nc(Cl)c2cccc(F)c2n1. The average molecular weight is 241 g/mol. The second kappa shape index (κ2) is 4.02. The zero-order valence-corrected chi connectivity index (χ0v) is 8.70. The molecule has 82 valence electrons. The summed E-state index contributed by atoms with van der Waals surface area (Å²) in [5, 5.41) is 9.01. The van der Waals surface area contributed by atoms with Crippen LogP contribution in [0, 0.1) is 5.82 Å². The minimum absolute atomic E-state index is 0.00454. The normalized spacial score (nSPS) is 10.6. The maximum Gasteiger partial charge on any atom is 0.311 e. The van der Waals surface area contributed by atoms with E-state index in [0.717, 1.165) is 0 Å². The highest BCUT2D eigenvalue weighted by Crippen LogP contribution is 2.22. The molecular weight excluding hydrogens is 235 g/mol. The molecule has 0 atom stereocenters. The summed E-state index contributed by atoms with van der Waals surface area (Å²) in [7, 11) is 0. The largest absolute Gasteiger partial charge is 0.481 e. The Morgan fingerprint density at radius 3 is 2.88 bits per heavy atom. The van der Waals surface area contributed by atoms with Crippen molar-refractivity contribution in [1.29, 1.82) is 0 Å². The van der Waals surface area contributed by atoms with Crippen molar-refractivity contribution in [3.63, 3.8) is 0 Å². The average Bonchev–Trinajstić information content (AvgIpc) is 2.19. The predicted molar refractivity (Wildman–Crippen MR) is 55.8 cm³/mol. The van der Waals surface area contributed by atoms with Crippen LogP contribution in [0.5, 0.6) is 0 Å². The Morgan fingerprint density at radius 1 is 1.44 bits per heavy atom. The molecule has 0 aliphatic heterocycles. The number of carboxylic acids is 1. The second-order valence-corrected chi connectivity index (χ2v) is 3.50. The van der Waals surface area contributed by atoms with Crippen molar-refractivity contribution in [2.45, 2.75) is 6.42 Å². The maximum absolute atomic E-state index is 13.4. The van der Waals surface area contributed by atoms with Gasteiger partial charge >= 0.3 is 5.97 Å². The fourth-order valence-electron chi connectivity index (χ4n) is 1.34. The summed E-state index contributed by atoms with van der Waals surface area (Å²) in [6, 6.07) is 4.30. The van der Waals surface area contributed by atoms with Crippen LogP contribution in [0.15, 0.2) is 18.2 Å². The van der Waals surface area contributed by atoms with Crippen molar-refractivity contribution in [2.75, 3.05) is 0 Å². The minimum atomic E-state index is -1.09. The van der Waals surface area contributed by atoms with E-state index >= 15 is 0 Å². The van der Waals surface area contributed by atoms with Gasteiger partial charge in [0.05, 0.1) is 0 Å². The van der Waals surface area contributed by atoms with Gasteiger partial charge in [0.15, 0.2) is 0 Å². The van der Waals surface area contributed by atoms with Gasteiger partial charge in [-0.25, -0.2) is 14.4 Å². The summed E-state index contributed by atoms with van der Waals surface area (Å²) in [5.74, 6) is -1.64. The fourth-order valence-corrected chi connectivity index (χ4v) is 1.59. The molecule has 2 aromatic rings. The van der Waals surface area contributed by atoms with Gasteiger partial charge < -0.3 is 5.11 Å². The summed E-state index contributed by atoms with van der Waals surface area (Å²) < 4.78 is 13.4. The molecule has 1 heterocycles. The van der Waals surface area contributed by atoms with Crippen LogP contribution in [0.25, 0.3) is 10.9 Å². The van der Waals surface area contributed by atoms with Gasteiger partial charge in [-0.3, -0.25) is 4.79 Å². The molecule has 1 aromatic carbocycles. The first kappa shape index (κ1) is 10.8. The molecule has 1 N–H and O–H groups in total. The highest BCUT2D eigenvalue weighted by Gasteiger charge is 2.11. The number of halogens is 2. The van der Waals surface area contributed by atoms with Gasteiger partial charge in [0.1, 0.15) is 28.7 Å². The molecular formula is C10H6ClFN2O2. The predicted octanol–water partition coefficient (Wildman–Crippen LogP) is 2.05. The quantitative estimate of drug-likeness (QED) is 0.816. The van der Waals surface area contributed by atoms with Gasteiger partial charge in [-0.2, -0.15) is 0 Å². The van der Waals surface area contributed by atoms with Gasteiger partial charge in [0.25, 0.3) is 0 Å². The van der Waals surface area contributed by atoms with E-state index in [4.69, 9.17) is 16.7 Å². The van der Waals surface area contributed by atoms with E-state index in [2.05, 4.69) is 9.97 Å². The highest BCUT2D eigenvalue weighted by atomic mass is 35.5. The highest BCUT2D eigenvalue weighted by molar-refractivity contribution is 6.34. The van der Waals surface area contributed by atoms with E-state index < -0.39 is 11.8 Å². The lowest BCUT2D eigenvalue weighted by Crippen LogP contribution is -2.05. The third-order valence-electron chi connectivity index (χ3n) is 1.99. The lowest BCUT2D eigenvalue weighted by atomic mass is 10.2. The van der Waals surface area contributed by atoms with Crippen molar-refractivity contribution < 1.29 is 14.3 Å². The van der Waals surface area contributed by atoms with Crippen LogP contribution in [0.2, 0.25) is 5.15 Å². The molecule has 6 heteroatoms. The standard InChI is InChI=1S/C10H6ClFN2O2/c11-10-5-2-1-3-6(12)9(5)13-7(14-10)4-8(15)16/h1-3H,4H2,(H,15,16). The third kappa shape index (κ3) is 1.94. The number of carbonyl (C=O) groups is 1. The number of nitrogens with zero attached hydrogens (tertiary/aromatic N) is 2. The zero-order chi connectivity index (χ0) is 11.7. The van der Waals surface area contributed by atoms with Gasteiger partial charge in [0, 0.05) is 5.39 Å². The number of carboxylic acid groups (broad SMARTS) is 1. The topological polar surface area (TPSA) is 63.1 Å². The van der Waals surface area contributed by atoms with Crippen LogP contribution >= 0.6 is 11.6 Å². The van der Waals surface area contributed by atoms with Crippen molar-refractivity contribution in [3.05, 3.63) is 35.0 Å². The smallest absolute Gasteiger partial charge is 0.311 e. The Labute approximate surface area is 94.7 Å². The molecule has 0 fully saturated rings. The Kier molecular flexibility index (Phi) is 2.70. The number of rotatable bonds is 2. The lowest BCUT2D eigenvalue weighted by Gasteiger charge is -2.03. The molecule has 0 aliphatic rings. The van der Waals surface area contributed by atoms with Gasteiger partial charge in [-0.05, 0) is 12.1 Å². The van der Waals surface area contributed by atoms with Crippen LogP contribution in [0.3, 0.4) is 0 Å².